The van der Waals surface area contributed by atoms with Crippen LogP contribution in [-0.2, 0) is 27.2 Å². The monoisotopic (exact) mass is 440 g/mol. The van der Waals surface area contributed by atoms with E-state index in [1.54, 1.807) is 12.1 Å². The molecule has 8 heteroatoms. The zero-order valence-corrected chi connectivity index (χ0v) is 19.0. The Morgan fingerprint density at radius 2 is 1.78 bits per heavy atom. The van der Waals surface area contributed by atoms with Gasteiger partial charge in [0.2, 0.25) is 0 Å². The van der Waals surface area contributed by atoms with Crippen LogP contribution in [-0.4, -0.2) is 31.0 Å². The molecule has 0 aromatic heterocycles. The number of rotatable bonds is 7. The first-order valence-corrected chi connectivity index (χ1v) is 10.6. The number of nitrogens with two attached hydrogens (primary N) is 1. The first-order chi connectivity index (χ1) is 15.1. The minimum Gasteiger partial charge on any atom is -0.445 e. The third-order valence-corrected chi connectivity index (χ3v) is 5.87. The SMILES string of the molecule is CC1(C)OB(C(=Cc2cc(F)ccc2CN)CNC(=O)OCc2ccccc2)OC1(C)C. The van der Waals surface area contributed by atoms with Crippen LogP contribution in [0.5, 0.6) is 0 Å². The van der Waals surface area contributed by atoms with Crippen molar-refractivity contribution in [2.24, 2.45) is 5.73 Å². The van der Waals surface area contributed by atoms with Crippen LogP contribution in [0.2, 0.25) is 0 Å². The lowest BCUT2D eigenvalue weighted by Gasteiger charge is -2.32. The predicted octanol–water partition coefficient (Wildman–Crippen LogP) is 4.23. The molecule has 2 aromatic carbocycles. The fourth-order valence-corrected chi connectivity index (χ4v) is 3.23. The standard InChI is InChI=1S/C24H30BFN2O4/c1-23(2)24(3,4)32-25(31-23)20(12-19-13-21(26)11-10-18(19)14-27)15-28-22(29)30-16-17-8-6-5-7-9-17/h5-13H,14-16,27H2,1-4H3,(H,28,29). The maximum atomic E-state index is 13.9. The van der Waals surface area contributed by atoms with Crippen LogP contribution < -0.4 is 11.1 Å². The van der Waals surface area contributed by atoms with Crippen LogP contribution >= 0.6 is 0 Å². The van der Waals surface area contributed by atoms with Gasteiger partial charge in [0.15, 0.2) is 0 Å². The quantitative estimate of drug-likeness (QED) is 0.630. The number of hydrogen-bond acceptors (Lipinski definition) is 5. The zero-order chi connectivity index (χ0) is 23.4. The Labute approximate surface area is 189 Å². The molecule has 32 heavy (non-hydrogen) atoms. The van der Waals surface area contributed by atoms with Crippen molar-refractivity contribution in [1.29, 1.82) is 0 Å². The Bertz CT molecular complexity index is 963. The summed E-state index contributed by atoms with van der Waals surface area (Å²) in [5, 5.41) is 2.74. The van der Waals surface area contributed by atoms with Gasteiger partial charge in [0, 0.05) is 13.1 Å². The van der Waals surface area contributed by atoms with Gasteiger partial charge in [-0.3, -0.25) is 0 Å². The van der Waals surface area contributed by atoms with Crippen molar-refractivity contribution in [2.45, 2.75) is 52.0 Å². The molecular weight excluding hydrogens is 410 g/mol. The number of halogens is 1. The summed E-state index contributed by atoms with van der Waals surface area (Å²) >= 11 is 0. The van der Waals surface area contributed by atoms with Crippen molar-refractivity contribution in [1.82, 2.24) is 5.32 Å². The second-order valence-electron chi connectivity index (χ2n) is 8.77. The Hall–Kier alpha value is -2.68. The molecule has 0 aliphatic carbocycles. The summed E-state index contributed by atoms with van der Waals surface area (Å²) in [7, 11) is -0.719. The van der Waals surface area contributed by atoms with Gasteiger partial charge in [0.05, 0.1) is 11.2 Å². The van der Waals surface area contributed by atoms with Gasteiger partial charge in [-0.2, -0.15) is 0 Å². The number of amides is 1. The van der Waals surface area contributed by atoms with Crippen molar-refractivity contribution in [3.8, 4) is 0 Å². The molecule has 6 nitrogen and oxygen atoms in total. The average molecular weight is 440 g/mol. The molecule has 0 bridgehead atoms. The second-order valence-corrected chi connectivity index (χ2v) is 8.77. The summed E-state index contributed by atoms with van der Waals surface area (Å²) in [4.78, 5) is 12.3. The van der Waals surface area contributed by atoms with E-state index in [1.807, 2.05) is 58.0 Å². The number of hydrogen-bond donors (Lipinski definition) is 2. The fourth-order valence-electron chi connectivity index (χ4n) is 3.23. The molecule has 2 aromatic rings. The molecule has 1 aliphatic rings. The third kappa shape index (κ3) is 5.76. The van der Waals surface area contributed by atoms with Crippen LogP contribution in [0.25, 0.3) is 6.08 Å². The van der Waals surface area contributed by atoms with Gasteiger partial charge in [0.1, 0.15) is 12.4 Å². The summed E-state index contributed by atoms with van der Waals surface area (Å²) in [5.41, 5.74) is 7.59. The smallest absolute Gasteiger partial charge is 0.445 e. The van der Waals surface area contributed by atoms with Gasteiger partial charge in [0.25, 0.3) is 0 Å². The van der Waals surface area contributed by atoms with Crippen molar-refractivity contribution in [3.05, 3.63) is 76.5 Å². The van der Waals surface area contributed by atoms with E-state index in [-0.39, 0.29) is 25.5 Å². The van der Waals surface area contributed by atoms with E-state index < -0.39 is 24.4 Å². The first kappa shape index (κ1) is 24.0. The van der Waals surface area contributed by atoms with E-state index in [0.29, 0.717) is 11.0 Å². The van der Waals surface area contributed by atoms with Gasteiger partial charge in [-0.05, 0) is 62.0 Å². The lowest BCUT2D eigenvalue weighted by Crippen LogP contribution is -2.41. The minimum absolute atomic E-state index is 0.102. The zero-order valence-electron chi connectivity index (χ0n) is 19.0. The molecule has 1 amide bonds. The number of benzene rings is 2. The summed E-state index contributed by atoms with van der Waals surface area (Å²) in [6.45, 7) is 8.28. The highest BCUT2D eigenvalue weighted by Gasteiger charge is 2.52. The number of carbonyl (C=O) groups excluding carboxylic acids is 1. The lowest BCUT2D eigenvalue weighted by atomic mass is 9.76. The Morgan fingerprint density at radius 3 is 2.41 bits per heavy atom. The molecule has 1 saturated heterocycles. The normalized spacial score (nSPS) is 17.3. The summed E-state index contributed by atoms with van der Waals surface area (Å²) in [5.74, 6) is -0.378. The highest BCUT2D eigenvalue weighted by atomic mass is 19.1. The molecule has 0 atom stereocenters. The maximum absolute atomic E-state index is 13.9. The van der Waals surface area contributed by atoms with Crippen LogP contribution in [0.15, 0.2) is 54.0 Å². The molecule has 0 radical (unpaired) electrons. The van der Waals surface area contributed by atoms with E-state index >= 15 is 0 Å². The van der Waals surface area contributed by atoms with Crippen molar-refractivity contribution < 1.29 is 23.2 Å². The van der Waals surface area contributed by atoms with Crippen LogP contribution in [0.4, 0.5) is 9.18 Å². The number of ether oxygens (including phenoxy) is 1. The maximum Gasteiger partial charge on any atom is 0.492 e. The fraction of sp³-hybridized carbons (Fsp3) is 0.375. The average Bonchev–Trinajstić information content (AvgIpc) is 2.97. The van der Waals surface area contributed by atoms with Gasteiger partial charge < -0.3 is 25.1 Å². The molecular formula is C24H30BFN2O4. The molecule has 1 fully saturated rings. The van der Waals surface area contributed by atoms with Crippen LogP contribution in [0.3, 0.4) is 0 Å². The second kappa shape index (κ2) is 9.86. The first-order valence-electron chi connectivity index (χ1n) is 10.6. The van der Waals surface area contributed by atoms with Gasteiger partial charge in [-0.15, -0.1) is 0 Å². The molecule has 0 spiro atoms. The van der Waals surface area contributed by atoms with Crippen molar-refractivity contribution in [2.75, 3.05) is 6.54 Å². The topological polar surface area (TPSA) is 82.8 Å². The third-order valence-electron chi connectivity index (χ3n) is 5.87. The van der Waals surface area contributed by atoms with E-state index in [9.17, 15) is 9.18 Å². The molecule has 0 unspecified atom stereocenters. The van der Waals surface area contributed by atoms with E-state index in [0.717, 1.165) is 11.1 Å². The molecule has 0 saturated carbocycles. The lowest BCUT2D eigenvalue weighted by molar-refractivity contribution is 0.00578. The number of carbonyl (C=O) groups is 1. The van der Waals surface area contributed by atoms with Crippen molar-refractivity contribution in [3.63, 3.8) is 0 Å². The Balaban J connectivity index is 1.78. The Kier molecular flexibility index (Phi) is 7.38. The predicted molar refractivity (Wildman–Crippen MR) is 123 cm³/mol. The molecule has 1 heterocycles. The molecule has 3 rings (SSSR count). The van der Waals surface area contributed by atoms with E-state index in [1.165, 1.54) is 12.1 Å². The largest absolute Gasteiger partial charge is 0.492 e. The van der Waals surface area contributed by atoms with Crippen LogP contribution in [0.1, 0.15) is 44.4 Å². The van der Waals surface area contributed by atoms with Gasteiger partial charge in [-0.25, -0.2) is 9.18 Å². The van der Waals surface area contributed by atoms with Crippen molar-refractivity contribution >= 4 is 19.3 Å². The van der Waals surface area contributed by atoms with Gasteiger partial charge in [-0.1, -0.05) is 42.5 Å². The highest BCUT2D eigenvalue weighted by Crippen LogP contribution is 2.38. The molecule has 1 aliphatic heterocycles. The summed E-state index contributed by atoms with van der Waals surface area (Å²) in [6.07, 6.45) is 1.18. The minimum atomic E-state index is -0.719. The Morgan fingerprint density at radius 1 is 1.12 bits per heavy atom. The van der Waals surface area contributed by atoms with E-state index in [2.05, 4.69) is 5.32 Å². The molecule has 170 valence electrons. The van der Waals surface area contributed by atoms with Crippen LogP contribution in [0, 0.1) is 5.82 Å². The van der Waals surface area contributed by atoms with E-state index in [4.69, 9.17) is 19.8 Å². The summed E-state index contributed by atoms with van der Waals surface area (Å²) in [6, 6.07) is 13.8. The number of nitrogens with one attached hydrogen (secondary N) is 1. The summed E-state index contributed by atoms with van der Waals surface area (Å²) < 4.78 is 31.5. The van der Waals surface area contributed by atoms with Gasteiger partial charge >= 0.3 is 13.2 Å². The highest BCUT2D eigenvalue weighted by molar-refractivity contribution is 6.56. The molecule has 3 N–H and O–H groups in total. The number of alkyl carbamates (subject to hydrolysis) is 1.